The highest BCUT2D eigenvalue weighted by molar-refractivity contribution is 9.09. The number of aryl methyl sites for hydroxylation is 1. The summed E-state index contributed by atoms with van der Waals surface area (Å²) in [7, 11) is 0. The van der Waals surface area contributed by atoms with Crippen LogP contribution in [-0.4, -0.2) is 21.4 Å². The van der Waals surface area contributed by atoms with Crippen molar-refractivity contribution in [3.05, 3.63) is 27.4 Å². The molecule has 0 atom stereocenters. The second-order valence-electron chi connectivity index (χ2n) is 2.87. The number of aromatic nitrogens is 2. The van der Waals surface area contributed by atoms with Crippen molar-refractivity contribution in [3.63, 3.8) is 0 Å². The van der Waals surface area contributed by atoms with Crippen LogP contribution >= 0.6 is 38.6 Å². The molecule has 2 rings (SSSR count). The molecule has 1 amide bonds. The first kappa shape index (κ1) is 11.7. The number of rotatable bonds is 4. The smallest absolute Gasteiger partial charge is 0.267 e. The average molecular weight is 318 g/mol. The van der Waals surface area contributed by atoms with Crippen LogP contribution in [0.25, 0.3) is 0 Å². The summed E-state index contributed by atoms with van der Waals surface area (Å²) in [6, 6.07) is 3.62. The maximum absolute atomic E-state index is 11.7. The SMILES string of the molecule is O=C(Nc1nnc(CCBr)s1)c1cccs1. The Balaban J connectivity index is 2.01. The number of hydrogen-bond donors (Lipinski definition) is 1. The summed E-state index contributed by atoms with van der Waals surface area (Å²) < 4.78 is 0. The molecule has 0 bridgehead atoms. The Morgan fingerprint density at radius 2 is 2.38 bits per heavy atom. The van der Waals surface area contributed by atoms with Crippen molar-refractivity contribution >= 4 is 49.6 Å². The first-order chi connectivity index (χ1) is 7.79. The van der Waals surface area contributed by atoms with Crippen LogP contribution in [0.15, 0.2) is 17.5 Å². The lowest BCUT2D eigenvalue weighted by Crippen LogP contribution is -2.09. The lowest BCUT2D eigenvalue weighted by atomic mass is 10.4. The van der Waals surface area contributed by atoms with Crippen molar-refractivity contribution < 1.29 is 4.79 Å². The zero-order chi connectivity index (χ0) is 11.4. The van der Waals surface area contributed by atoms with Crippen LogP contribution in [0.5, 0.6) is 0 Å². The number of alkyl halides is 1. The van der Waals surface area contributed by atoms with Gasteiger partial charge in [0, 0.05) is 11.8 Å². The van der Waals surface area contributed by atoms with Gasteiger partial charge in [0.1, 0.15) is 5.01 Å². The van der Waals surface area contributed by atoms with E-state index in [2.05, 4.69) is 31.4 Å². The molecule has 1 N–H and O–H groups in total. The predicted molar refractivity (Wildman–Crippen MR) is 69.7 cm³/mol. The largest absolute Gasteiger partial charge is 0.296 e. The van der Waals surface area contributed by atoms with Gasteiger partial charge >= 0.3 is 0 Å². The molecule has 2 aromatic rings. The number of amides is 1. The van der Waals surface area contributed by atoms with Gasteiger partial charge in [-0.1, -0.05) is 33.3 Å². The number of thiophene rings is 1. The molecular weight excluding hydrogens is 310 g/mol. The topological polar surface area (TPSA) is 54.9 Å². The number of carbonyl (C=O) groups excluding carboxylic acids is 1. The summed E-state index contributed by atoms with van der Waals surface area (Å²) in [5, 5.41) is 14.8. The average Bonchev–Trinajstić information content (AvgIpc) is 2.89. The summed E-state index contributed by atoms with van der Waals surface area (Å²) >= 11 is 6.14. The molecule has 0 saturated carbocycles. The van der Waals surface area contributed by atoms with Gasteiger partial charge in [0.2, 0.25) is 5.13 Å². The van der Waals surface area contributed by atoms with Gasteiger partial charge in [0.25, 0.3) is 5.91 Å². The van der Waals surface area contributed by atoms with E-state index in [4.69, 9.17) is 0 Å². The van der Waals surface area contributed by atoms with Crippen LogP contribution in [0.1, 0.15) is 14.7 Å². The molecular formula is C9H8BrN3OS2. The van der Waals surface area contributed by atoms with Crippen molar-refractivity contribution in [1.82, 2.24) is 10.2 Å². The summed E-state index contributed by atoms with van der Waals surface area (Å²) in [5.74, 6) is -0.128. The van der Waals surface area contributed by atoms with Crippen LogP contribution in [0.2, 0.25) is 0 Å². The van der Waals surface area contributed by atoms with E-state index in [1.165, 1.54) is 22.7 Å². The Morgan fingerprint density at radius 1 is 1.50 bits per heavy atom. The molecule has 0 spiro atoms. The zero-order valence-electron chi connectivity index (χ0n) is 8.14. The normalized spacial score (nSPS) is 10.3. The summed E-state index contributed by atoms with van der Waals surface area (Å²) in [5.41, 5.74) is 0. The molecule has 84 valence electrons. The Labute approximate surface area is 109 Å². The summed E-state index contributed by atoms with van der Waals surface area (Å²) in [4.78, 5) is 12.3. The molecule has 7 heteroatoms. The van der Waals surface area contributed by atoms with E-state index in [1.54, 1.807) is 6.07 Å². The molecule has 0 aromatic carbocycles. The molecule has 0 radical (unpaired) electrons. The maximum atomic E-state index is 11.7. The van der Waals surface area contributed by atoms with Crippen LogP contribution in [-0.2, 0) is 6.42 Å². The number of anilines is 1. The van der Waals surface area contributed by atoms with Crippen LogP contribution in [0.4, 0.5) is 5.13 Å². The minimum absolute atomic E-state index is 0.128. The van der Waals surface area contributed by atoms with Crippen LogP contribution in [0, 0.1) is 0 Å². The first-order valence-corrected chi connectivity index (χ1v) is 7.34. The highest BCUT2D eigenvalue weighted by atomic mass is 79.9. The molecule has 4 nitrogen and oxygen atoms in total. The second-order valence-corrected chi connectivity index (χ2v) is 5.67. The minimum Gasteiger partial charge on any atom is -0.296 e. The van der Waals surface area contributed by atoms with Crippen molar-refractivity contribution in [3.8, 4) is 0 Å². The monoisotopic (exact) mass is 317 g/mol. The molecule has 0 saturated heterocycles. The van der Waals surface area contributed by atoms with Crippen LogP contribution in [0.3, 0.4) is 0 Å². The van der Waals surface area contributed by atoms with Gasteiger partial charge in [-0.3, -0.25) is 10.1 Å². The Morgan fingerprint density at radius 3 is 3.06 bits per heavy atom. The van der Waals surface area contributed by atoms with Crippen molar-refractivity contribution in [1.29, 1.82) is 0 Å². The lowest BCUT2D eigenvalue weighted by Gasteiger charge is -1.96. The molecule has 0 aliphatic carbocycles. The van der Waals surface area contributed by atoms with E-state index in [1.807, 2.05) is 11.4 Å². The van der Waals surface area contributed by atoms with Gasteiger partial charge in [-0.05, 0) is 11.4 Å². The van der Waals surface area contributed by atoms with E-state index in [9.17, 15) is 4.79 Å². The Kier molecular flexibility index (Phi) is 4.03. The molecule has 0 fully saturated rings. The predicted octanol–water partition coefficient (Wildman–Crippen LogP) is 2.79. The van der Waals surface area contributed by atoms with Gasteiger partial charge in [-0.15, -0.1) is 21.5 Å². The molecule has 0 unspecified atom stereocenters. The number of nitrogens with one attached hydrogen (secondary N) is 1. The third-order valence-electron chi connectivity index (χ3n) is 1.74. The fraction of sp³-hybridized carbons (Fsp3) is 0.222. The molecule has 16 heavy (non-hydrogen) atoms. The van der Waals surface area contributed by atoms with Gasteiger partial charge in [0.05, 0.1) is 4.88 Å². The minimum atomic E-state index is -0.128. The molecule has 2 aromatic heterocycles. The molecule has 0 aliphatic rings. The highest BCUT2D eigenvalue weighted by Gasteiger charge is 2.10. The maximum Gasteiger partial charge on any atom is 0.267 e. The fourth-order valence-electron chi connectivity index (χ4n) is 1.05. The van der Waals surface area contributed by atoms with Crippen LogP contribution < -0.4 is 5.32 Å². The van der Waals surface area contributed by atoms with E-state index in [-0.39, 0.29) is 5.91 Å². The number of nitrogens with zero attached hydrogens (tertiary/aromatic N) is 2. The second kappa shape index (κ2) is 5.51. The summed E-state index contributed by atoms with van der Waals surface area (Å²) in [6.07, 6.45) is 0.826. The quantitative estimate of drug-likeness (QED) is 0.882. The Hall–Kier alpha value is -0.790. The standard InChI is InChI=1S/C9H8BrN3OS2/c10-4-3-7-12-13-9(16-7)11-8(14)6-2-1-5-15-6/h1-2,5H,3-4H2,(H,11,13,14). The van der Waals surface area contributed by atoms with E-state index in [0.717, 1.165) is 16.8 Å². The van der Waals surface area contributed by atoms with E-state index in [0.29, 0.717) is 10.0 Å². The number of hydrogen-bond acceptors (Lipinski definition) is 5. The van der Waals surface area contributed by atoms with Crippen molar-refractivity contribution in [2.45, 2.75) is 6.42 Å². The highest BCUT2D eigenvalue weighted by Crippen LogP contribution is 2.18. The first-order valence-electron chi connectivity index (χ1n) is 4.53. The molecule has 0 aliphatic heterocycles. The zero-order valence-corrected chi connectivity index (χ0v) is 11.4. The van der Waals surface area contributed by atoms with Crippen molar-refractivity contribution in [2.24, 2.45) is 0 Å². The van der Waals surface area contributed by atoms with E-state index >= 15 is 0 Å². The molecule has 2 heterocycles. The lowest BCUT2D eigenvalue weighted by molar-refractivity contribution is 0.103. The van der Waals surface area contributed by atoms with Gasteiger partial charge in [-0.2, -0.15) is 0 Å². The third-order valence-corrected chi connectivity index (χ3v) is 3.90. The summed E-state index contributed by atoms with van der Waals surface area (Å²) in [6.45, 7) is 0. The van der Waals surface area contributed by atoms with Gasteiger partial charge in [-0.25, -0.2) is 0 Å². The van der Waals surface area contributed by atoms with Gasteiger partial charge < -0.3 is 0 Å². The van der Waals surface area contributed by atoms with E-state index < -0.39 is 0 Å². The van der Waals surface area contributed by atoms with Crippen molar-refractivity contribution in [2.75, 3.05) is 10.6 Å². The third kappa shape index (κ3) is 2.87. The number of halogens is 1. The fourth-order valence-corrected chi connectivity index (χ4v) is 3.04. The number of carbonyl (C=O) groups is 1. The van der Waals surface area contributed by atoms with Gasteiger partial charge in [0.15, 0.2) is 0 Å². The Bertz CT molecular complexity index is 469.